The van der Waals surface area contributed by atoms with Crippen molar-refractivity contribution in [1.29, 1.82) is 0 Å². The van der Waals surface area contributed by atoms with Crippen LogP contribution >= 0.6 is 0 Å². The summed E-state index contributed by atoms with van der Waals surface area (Å²) in [6.45, 7) is 3.91. The Morgan fingerprint density at radius 3 is 2.50 bits per heavy atom. The monoisotopic (exact) mass is 223 g/mol. The molecule has 1 rings (SSSR count). The molecule has 0 N–H and O–H groups in total. The first-order valence-corrected chi connectivity index (χ1v) is 5.44. The Balaban J connectivity index is 2.49. The van der Waals surface area contributed by atoms with E-state index in [1.54, 1.807) is 6.92 Å². The molecule has 16 heavy (non-hydrogen) atoms. The lowest BCUT2D eigenvalue weighted by Crippen LogP contribution is -2.32. The van der Waals surface area contributed by atoms with E-state index in [0.29, 0.717) is 13.0 Å². The second-order valence-electron chi connectivity index (χ2n) is 3.77. The average Bonchev–Trinajstić information content (AvgIpc) is 2.30. The minimum Gasteiger partial charge on any atom is -0.366 e. The third-order valence-electron chi connectivity index (χ3n) is 2.58. The SMILES string of the molecule is CCC(OCc1ccccc1)C(C)[N+](=O)[O-]. The number of hydrogen-bond acceptors (Lipinski definition) is 3. The Morgan fingerprint density at radius 2 is 2.00 bits per heavy atom. The summed E-state index contributed by atoms with van der Waals surface area (Å²) in [4.78, 5) is 10.3. The van der Waals surface area contributed by atoms with E-state index in [2.05, 4.69) is 0 Å². The van der Waals surface area contributed by atoms with E-state index >= 15 is 0 Å². The molecule has 0 aromatic heterocycles. The molecule has 1 aromatic rings. The van der Waals surface area contributed by atoms with Gasteiger partial charge in [0.2, 0.25) is 6.04 Å². The van der Waals surface area contributed by atoms with Gasteiger partial charge in [-0.3, -0.25) is 10.1 Å². The molecular weight excluding hydrogens is 206 g/mol. The lowest BCUT2D eigenvalue weighted by atomic mass is 10.1. The highest BCUT2D eigenvalue weighted by Crippen LogP contribution is 2.10. The minimum atomic E-state index is -0.659. The van der Waals surface area contributed by atoms with Crippen molar-refractivity contribution in [2.45, 2.75) is 39.0 Å². The third kappa shape index (κ3) is 3.62. The Morgan fingerprint density at radius 1 is 1.38 bits per heavy atom. The quantitative estimate of drug-likeness (QED) is 0.550. The van der Waals surface area contributed by atoms with Crippen LogP contribution in [0.1, 0.15) is 25.8 Å². The zero-order chi connectivity index (χ0) is 12.0. The molecule has 0 heterocycles. The molecule has 0 saturated heterocycles. The lowest BCUT2D eigenvalue weighted by molar-refractivity contribution is -0.531. The fourth-order valence-corrected chi connectivity index (χ4v) is 1.51. The summed E-state index contributed by atoms with van der Waals surface area (Å²) < 4.78 is 5.56. The van der Waals surface area contributed by atoms with Gasteiger partial charge >= 0.3 is 0 Å². The van der Waals surface area contributed by atoms with E-state index in [9.17, 15) is 10.1 Å². The standard InChI is InChI=1S/C12H17NO3/c1-3-12(10(2)13(14)15)16-9-11-7-5-4-6-8-11/h4-8,10,12H,3,9H2,1-2H3. The molecule has 1 aromatic carbocycles. The summed E-state index contributed by atoms with van der Waals surface area (Å²) in [6, 6.07) is 9.02. The van der Waals surface area contributed by atoms with Gasteiger partial charge in [-0.1, -0.05) is 37.3 Å². The van der Waals surface area contributed by atoms with Crippen molar-refractivity contribution in [3.05, 3.63) is 46.0 Å². The first-order valence-electron chi connectivity index (χ1n) is 5.44. The number of benzene rings is 1. The first kappa shape index (κ1) is 12.6. The van der Waals surface area contributed by atoms with Crippen LogP contribution in [0.4, 0.5) is 0 Å². The van der Waals surface area contributed by atoms with Gasteiger partial charge in [0.15, 0.2) is 0 Å². The largest absolute Gasteiger partial charge is 0.366 e. The molecule has 0 saturated carbocycles. The first-order chi connectivity index (χ1) is 7.65. The summed E-state index contributed by atoms with van der Waals surface area (Å²) in [7, 11) is 0. The molecule has 0 radical (unpaired) electrons. The summed E-state index contributed by atoms with van der Waals surface area (Å²) in [5, 5.41) is 10.6. The van der Waals surface area contributed by atoms with Gasteiger partial charge in [0.05, 0.1) is 6.61 Å². The number of ether oxygens (including phenoxy) is 1. The second-order valence-corrected chi connectivity index (χ2v) is 3.77. The van der Waals surface area contributed by atoms with Crippen LogP contribution in [0.15, 0.2) is 30.3 Å². The van der Waals surface area contributed by atoms with E-state index in [4.69, 9.17) is 4.74 Å². The highest BCUT2D eigenvalue weighted by atomic mass is 16.6. The van der Waals surface area contributed by atoms with Crippen LogP contribution in [-0.2, 0) is 11.3 Å². The molecule has 0 spiro atoms. The average molecular weight is 223 g/mol. The lowest BCUT2D eigenvalue weighted by Gasteiger charge is -2.17. The van der Waals surface area contributed by atoms with Gasteiger partial charge in [0.1, 0.15) is 6.10 Å². The van der Waals surface area contributed by atoms with E-state index < -0.39 is 6.04 Å². The van der Waals surface area contributed by atoms with E-state index in [-0.39, 0.29) is 11.0 Å². The van der Waals surface area contributed by atoms with Crippen molar-refractivity contribution >= 4 is 0 Å². The van der Waals surface area contributed by atoms with Gasteiger partial charge in [-0.15, -0.1) is 0 Å². The molecule has 0 bridgehead atoms. The second kappa shape index (κ2) is 6.23. The van der Waals surface area contributed by atoms with E-state index in [0.717, 1.165) is 5.56 Å². The van der Waals surface area contributed by atoms with Crippen LogP contribution < -0.4 is 0 Å². The molecule has 0 aliphatic heterocycles. The molecule has 4 heteroatoms. The molecule has 88 valence electrons. The van der Waals surface area contributed by atoms with Crippen LogP contribution in [0.25, 0.3) is 0 Å². The zero-order valence-corrected chi connectivity index (χ0v) is 9.63. The van der Waals surface area contributed by atoms with Gasteiger partial charge in [0, 0.05) is 11.8 Å². The topological polar surface area (TPSA) is 52.4 Å². The molecule has 0 amide bonds. The molecule has 0 aliphatic carbocycles. The van der Waals surface area contributed by atoms with Crippen LogP contribution in [0.5, 0.6) is 0 Å². The number of nitro groups is 1. The van der Waals surface area contributed by atoms with Crippen LogP contribution in [0.3, 0.4) is 0 Å². The maximum absolute atomic E-state index is 10.6. The van der Waals surface area contributed by atoms with E-state index in [1.165, 1.54) is 0 Å². The Labute approximate surface area is 95.4 Å². The van der Waals surface area contributed by atoms with Gasteiger partial charge in [-0.25, -0.2) is 0 Å². The molecule has 4 nitrogen and oxygen atoms in total. The highest BCUT2D eigenvalue weighted by Gasteiger charge is 2.25. The molecule has 0 aliphatic rings. The van der Waals surface area contributed by atoms with Gasteiger partial charge in [-0.2, -0.15) is 0 Å². The molecule has 2 unspecified atom stereocenters. The maximum atomic E-state index is 10.6. The van der Waals surface area contributed by atoms with Gasteiger partial charge in [0.25, 0.3) is 0 Å². The predicted octanol–water partition coefficient (Wildman–Crippen LogP) is 2.65. The number of hydrogen-bond donors (Lipinski definition) is 0. The number of nitrogens with zero attached hydrogens (tertiary/aromatic N) is 1. The summed E-state index contributed by atoms with van der Waals surface area (Å²) >= 11 is 0. The summed E-state index contributed by atoms with van der Waals surface area (Å²) in [6.07, 6.45) is 0.324. The Bertz CT molecular complexity index is 326. The van der Waals surface area contributed by atoms with Crippen molar-refractivity contribution in [3.63, 3.8) is 0 Å². The Kier molecular flexibility index (Phi) is 4.92. The Hall–Kier alpha value is -1.42. The van der Waals surface area contributed by atoms with Crippen LogP contribution in [-0.4, -0.2) is 17.1 Å². The fraction of sp³-hybridized carbons (Fsp3) is 0.500. The minimum absolute atomic E-state index is 0.292. The molecule has 2 atom stereocenters. The van der Waals surface area contributed by atoms with Crippen LogP contribution in [0.2, 0.25) is 0 Å². The summed E-state index contributed by atoms with van der Waals surface area (Å²) in [5.41, 5.74) is 1.04. The summed E-state index contributed by atoms with van der Waals surface area (Å²) in [5.74, 6) is 0. The molecule has 0 fully saturated rings. The fourth-order valence-electron chi connectivity index (χ4n) is 1.51. The van der Waals surface area contributed by atoms with Crippen molar-refractivity contribution in [1.82, 2.24) is 0 Å². The predicted molar refractivity (Wildman–Crippen MR) is 61.8 cm³/mol. The van der Waals surface area contributed by atoms with Crippen molar-refractivity contribution in [2.24, 2.45) is 0 Å². The van der Waals surface area contributed by atoms with Gasteiger partial charge in [-0.05, 0) is 12.0 Å². The third-order valence-corrected chi connectivity index (χ3v) is 2.58. The smallest absolute Gasteiger partial charge is 0.236 e. The van der Waals surface area contributed by atoms with Gasteiger partial charge < -0.3 is 4.74 Å². The van der Waals surface area contributed by atoms with Crippen molar-refractivity contribution in [2.75, 3.05) is 0 Å². The maximum Gasteiger partial charge on any atom is 0.236 e. The normalized spacial score (nSPS) is 14.4. The van der Waals surface area contributed by atoms with Crippen molar-refractivity contribution < 1.29 is 9.66 Å². The van der Waals surface area contributed by atoms with Crippen LogP contribution in [0, 0.1) is 10.1 Å². The van der Waals surface area contributed by atoms with E-state index in [1.807, 2.05) is 37.3 Å². The highest BCUT2D eigenvalue weighted by molar-refractivity contribution is 5.13. The zero-order valence-electron chi connectivity index (χ0n) is 9.63. The van der Waals surface area contributed by atoms with Crippen molar-refractivity contribution in [3.8, 4) is 0 Å². The number of rotatable bonds is 6. The molecular formula is C12H17NO3.